The molecule has 1 aromatic carbocycles. The molecule has 0 spiro atoms. The largest absolute Gasteiger partial charge is 0.307 e. The van der Waals surface area contributed by atoms with E-state index in [4.69, 9.17) is 9.90 Å². The minimum atomic E-state index is 0. The van der Waals surface area contributed by atoms with Crippen molar-refractivity contribution in [2.75, 3.05) is 6.61 Å². The maximum atomic E-state index is 8.93. The quantitative estimate of drug-likeness (QED) is 0.561. The first-order valence-corrected chi connectivity index (χ1v) is 3.28. The summed E-state index contributed by atoms with van der Waals surface area (Å²) in [6.07, 6.45) is 0. The highest BCUT2D eigenvalue weighted by atomic mass is 16.2. The van der Waals surface area contributed by atoms with Crippen LogP contribution in [0.4, 0.5) is 0 Å². The van der Waals surface area contributed by atoms with Gasteiger partial charge >= 0.3 is 0 Å². The molecule has 0 bridgehead atoms. The van der Waals surface area contributed by atoms with Gasteiger partial charge in [-0.05, 0) is 6.92 Å². The van der Waals surface area contributed by atoms with Gasteiger partial charge in [-0.3, -0.25) is 0 Å². The van der Waals surface area contributed by atoms with Crippen molar-refractivity contribution < 1.29 is 9.90 Å². The number of rotatable bonds is 0. The van der Waals surface area contributed by atoms with E-state index in [1.165, 1.54) is 0 Å². The molecule has 0 heterocycles. The van der Waals surface area contributed by atoms with Crippen LogP contribution in [0, 0.1) is 0 Å². The summed E-state index contributed by atoms with van der Waals surface area (Å²) in [4.78, 5) is 8.00. The lowest BCUT2D eigenvalue weighted by Gasteiger charge is -1.69. The molecule has 1 rings (SSSR count). The van der Waals surface area contributed by atoms with Gasteiger partial charge in [-0.2, -0.15) is 0 Å². The Hall–Kier alpha value is -1.15. The number of benzene rings is 1. The summed E-state index contributed by atoms with van der Waals surface area (Å²) in [5, 5.41) is 8.93. The lowest BCUT2D eigenvalue weighted by molar-refractivity contribution is -0.0979. The highest BCUT2D eigenvalue weighted by Gasteiger charge is 1.57. The Bertz CT molecular complexity index is 102. The van der Waals surface area contributed by atoms with E-state index in [2.05, 4.69) is 0 Å². The third-order valence-corrected chi connectivity index (χ3v) is 0.667. The predicted octanol–water partition coefficient (Wildman–Crippen LogP) is 1.94. The standard InChI is InChI=1S/C6H6.C2H5O.CH2O/c1-2-4-6-5-3-1;1-2-3;1-2/h1-6H;2H2,1H3;1H2. The zero-order chi connectivity index (χ0) is 8.95. The molecule has 0 aliphatic heterocycles. The highest BCUT2D eigenvalue weighted by Crippen LogP contribution is 1.79. The molecule has 0 saturated heterocycles. The SMILES string of the molecule is C=O.CC[O].c1ccccc1. The van der Waals surface area contributed by atoms with Gasteiger partial charge in [-0.15, -0.1) is 0 Å². The van der Waals surface area contributed by atoms with Crippen molar-refractivity contribution in [3.8, 4) is 0 Å². The molecule has 0 aromatic heterocycles. The van der Waals surface area contributed by atoms with Gasteiger partial charge in [0.1, 0.15) is 6.79 Å². The van der Waals surface area contributed by atoms with Crippen LogP contribution in [0.25, 0.3) is 0 Å². The predicted molar refractivity (Wildman–Crippen MR) is 44.8 cm³/mol. The van der Waals surface area contributed by atoms with Crippen molar-refractivity contribution in [2.24, 2.45) is 0 Å². The van der Waals surface area contributed by atoms with Crippen molar-refractivity contribution >= 4 is 6.79 Å². The summed E-state index contributed by atoms with van der Waals surface area (Å²) in [5.74, 6) is 0. The average Bonchev–Trinajstić information content (AvgIpc) is 2.12. The number of carbonyl (C=O) groups is 1. The van der Waals surface area contributed by atoms with Gasteiger partial charge in [0.05, 0.1) is 6.61 Å². The van der Waals surface area contributed by atoms with Crippen molar-refractivity contribution in [3.63, 3.8) is 0 Å². The Morgan fingerprint density at radius 2 is 1.00 bits per heavy atom. The Morgan fingerprint density at radius 3 is 1.09 bits per heavy atom. The fraction of sp³-hybridized carbons (Fsp3) is 0.222. The van der Waals surface area contributed by atoms with Gasteiger partial charge in [-0.25, -0.2) is 5.11 Å². The van der Waals surface area contributed by atoms with Gasteiger partial charge in [-0.1, -0.05) is 36.4 Å². The second-order valence-corrected chi connectivity index (χ2v) is 1.44. The fourth-order valence-corrected chi connectivity index (χ4v) is 0.385. The van der Waals surface area contributed by atoms with Crippen LogP contribution in [0.3, 0.4) is 0 Å². The molecule has 61 valence electrons. The third kappa shape index (κ3) is 17.7. The summed E-state index contributed by atoms with van der Waals surface area (Å²) in [6.45, 7) is 3.57. The lowest BCUT2D eigenvalue weighted by atomic mass is 10.4. The number of hydrogen-bond acceptors (Lipinski definition) is 1. The van der Waals surface area contributed by atoms with Crippen LogP contribution in [0.1, 0.15) is 6.92 Å². The highest BCUT2D eigenvalue weighted by molar-refractivity contribution is 5.11. The van der Waals surface area contributed by atoms with Crippen molar-refractivity contribution in [2.45, 2.75) is 6.92 Å². The molecule has 11 heavy (non-hydrogen) atoms. The molecular weight excluding hydrogens is 140 g/mol. The Kier molecular flexibility index (Phi) is 18.1. The number of carbonyl (C=O) groups excluding carboxylic acids is 1. The topological polar surface area (TPSA) is 37.0 Å². The molecule has 2 heteroatoms. The van der Waals surface area contributed by atoms with E-state index in [1.54, 1.807) is 6.92 Å². The maximum absolute atomic E-state index is 8.93. The summed E-state index contributed by atoms with van der Waals surface area (Å²) in [5.41, 5.74) is 0. The van der Waals surface area contributed by atoms with Crippen molar-refractivity contribution in [3.05, 3.63) is 36.4 Å². The molecule has 1 aromatic rings. The zero-order valence-electron chi connectivity index (χ0n) is 6.69. The van der Waals surface area contributed by atoms with Gasteiger partial charge in [0, 0.05) is 0 Å². The van der Waals surface area contributed by atoms with Gasteiger partial charge < -0.3 is 4.79 Å². The molecule has 0 saturated carbocycles. The molecule has 0 aliphatic rings. The first-order valence-electron chi connectivity index (χ1n) is 3.28. The van der Waals surface area contributed by atoms with Crippen LogP contribution >= 0.6 is 0 Å². The molecule has 0 aliphatic carbocycles. The molecule has 0 atom stereocenters. The van der Waals surface area contributed by atoms with E-state index in [0.29, 0.717) is 0 Å². The van der Waals surface area contributed by atoms with E-state index >= 15 is 0 Å². The van der Waals surface area contributed by atoms with E-state index in [-0.39, 0.29) is 6.61 Å². The molecule has 0 fully saturated rings. The average molecular weight is 153 g/mol. The first kappa shape index (κ1) is 12.5. The van der Waals surface area contributed by atoms with Crippen LogP contribution < -0.4 is 0 Å². The minimum Gasteiger partial charge on any atom is -0.307 e. The molecule has 0 amide bonds. The smallest absolute Gasteiger partial charge is 0.106 e. The normalized spacial score (nSPS) is 6.36. The lowest BCUT2D eigenvalue weighted by Crippen LogP contribution is -1.52. The van der Waals surface area contributed by atoms with Gasteiger partial charge in [0.15, 0.2) is 0 Å². The monoisotopic (exact) mass is 153 g/mol. The van der Waals surface area contributed by atoms with Gasteiger partial charge in [0.2, 0.25) is 0 Å². The van der Waals surface area contributed by atoms with E-state index in [9.17, 15) is 0 Å². The van der Waals surface area contributed by atoms with Crippen LogP contribution in [0.15, 0.2) is 36.4 Å². The molecule has 0 unspecified atom stereocenters. The summed E-state index contributed by atoms with van der Waals surface area (Å²) < 4.78 is 0. The first-order chi connectivity index (χ1) is 5.41. The minimum absolute atomic E-state index is 0. The number of hydrogen-bond donors (Lipinski definition) is 0. The van der Waals surface area contributed by atoms with Crippen LogP contribution in [-0.2, 0) is 9.90 Å². The van der Waals surface area contributed by atoms with Gasteiger partial charge in [0.25, 0.3) is 0 Å². The summed E-state index contributed by atoms with van der Waals surface area (Å²) in [6, 6.07) is 12.0. The fourth-order valence-electron chi connectivity index (χ4n) is 0.385. The molecule has 2 nitrogen and oxygen atoms in total. The van der Waals surface area contributed by atoms with E-state index in [1.807, 2.05) is 43.2 Å². The van der Waals surface area contributed by atoms with Crippen LogP contribution in [0.5, 0.6) is 0 Å². The Labute approximate surface area is 67.5 Å². The van der Waals surface area contributed by atoms with Crippen molar-refractivity contribution in [1.29, 1.82) is 0 Å². The molecule has 1 radical (unpaired) electrons. The second kappa shape index (κ2) is 15.9. The summed E-state index contributed by atoms with van der Waals surface area (Å²) in [7, 11) is 0. The van der Waals surface area contributed by atoms with Crippen LogP contribution in [0.2, 0.25) is 0 Å². The Balaban J connectivity index is 0. The van der Waals surface area contributed by atoms with E-state index in [0.717, 1.165) is 0 Å². The van der Waals surface area contributed by atoms with E-state index < -0.39 is 0 Å². The molecular formula is C9H13O2. The molecule has 0 N–H and O–H groups in total. The Morgan fingerprint density at radius 1 is 0.909 bits per heavy atom. The summed E-state index contributed by atoms with van der Waals surface area (Å²) >= 11 is 0. The zero-order valence-corrected chi connectivity index (χ0v) is 6.69. The second-order valence-electron chi connectivity index (χ2n) is 1.44. The third-order valence-electron chi connectivity index (χ3n) is 0.667. The maximum Gasteiger partial charge on any atom is 0.106 e. The van der Waals surface area contributed by atoms with Crippen molar-refractivity contribution in [1.82, 2.24) is 0 Å². The van der Waals surface area contributed by atoms with Crippen LogP contribution in [-0.4, -0.2) is 13.4 Å².